The van der Waals surface area contributed by atoms with Gasteiger partial charge in [0.1, 0.15) is 54.9 Å². The maximum absolute atomic E-state index is 10.7. The maximum Gasteiger partial charge on any atom is 0.187 e. The van der Waals surface area contributed by atoms with Crippen LogP contribution in [0.5, 0.6) is 0 Å². The third-order valence-electron chi connectivity index (χ3n) is 6.48. The molecule has 2 heterocycles. The molecule has 0 aromatic carbocycles. The summed E-state index contributed by atoms with van der Waals surface area (Å²) in [7, 11) is 0. The topological polar surface area (TPSA) is 283 Å². The first-order valence-electron chi connectivity index (χ1n) is 10.8. The van der Waals surface area contributed by atoms with Gasteiger partial charge in [-0.1, -0.05) is 0 Å². The average molecular weight is 485 g/mol. The molecule has 15 nitrogen and oxygen atoms in total. The first-order chi connectivity index (χ1) is 15.5. The Morgan fingerprint density at radius 1 is 0.667 bits per heavy atom. The summed E-state index contributed by atoms with van der Waals surface area (Å²) < 4.78 is 22.5. The third kappa shape index (κ3) is 5.32. The summed E-state index contributed by atoms with van der Waals surface area (Å²) in [6, 6.07) is -2.87. The van der Waals surface area contributed by atoms with E-state index < -0.39 is 98.4 Å². The Balaban J connectivity index is 1.80. The van der Waals surface area contributed by atoms with Gasteiger partial charge in [-0.05, 0) is 6.42 Å². The lowest BCUT2D eigenvalue weighted by Crippen LogP contribution is -2.69. The Hall–Kier alpha value is -0.600. The first-order valence-corrected chi connectivity index (χ1v) is 10.8. The molecule has 0 bridgehead atoms. The molecule has 0 spiro atoms. The van der Waals surface area contributed by atoms with Crippen LogP contribution >= 0.6 is 0 Å². The van der Waals surface area contributed by atoms with Crippen LogP contribution in [-0.2, 0) is 18.9 Å². The van der Waals surface area contributed by atoms with E-state index in [1.165, 1.54) is 0 Å². The normalized spacial score (nSPS) is 53.7. The van der Waals surface area contributed by atoms with Gasteiger partial charge < -0.3 is 77.6 Å². The van der Waals surface area contributed by atoms with Crippen molar-refractivity contribution in [2.24, 2.45) is 22.9 Å². The zero-order chi connectivity index (χ0) is 24.6. The third-order valence-corrected chi connectivity index (χ3v) is 6.48. The molecule has 33 heavy (non-hydrogen) atoms. The molecule has 15 N–H and O–H groups in total. The van der Waals surface area contributed by atoms with Gasteiger partial charge in [-0.2, -0.15) is 0 Å². The Morgan fingerprint density at radius 3 is 1.85 bits per heavy atom. The maximum atomic E-state index is 10.7. The zero-order valence-corrected chi connectivity index (χ0v) is 17.9. The van der Waals surface area contributed by atoms with Crippen LogP contribution in [0.3, 0.4) is 0 Å². The summed E-state index contributed by atoms with van der Waals surface area (Å²) in [5.41, 5.74) is 23.7. The number of aliphatic hydroxyl groups excluding tert-OH is 7. The average Bonchev–Trinajstić information content (AvgIpc) is 2.79. The minimum atomic E-state index is -1.74. The SMILES string of the molecule is NC[C@H]1O[C@H](O[C@H]2[C@H](O[C@@H]3O[C@H](CO)[C@@H](O)[C@H](O)[C@H]3O)[C@@H](O)[C@H](N)C[C@@H]2N)[C@H](N)[C@@H](O)[C@@H]1O. The van der Waals surface area contributed by atoms with E-state index in [0.717, 1.165) is 0 Å². The fourth-order valence-electron chi connectivity index (χ4n) is 4.37. The van der Waals surface area contributed by atoms with Crippen molar-refractivity contribution in [2.75, 3.05) is 13.2 Å². The van der Waals surface area contributed by atoms with Gasteiger partial charge in [0.25, 0.3) is 0 Å². The van der Waals surface area contributed by atoms with Crippen molar-refractivity contribution in [3.63, 3.8) is 0 Å². The second-order valence-electron chi connectivity index (χ2n) is 8.79. The van der Waals surface area contributed by atoms with Crippen molar-refractivity contribution < 1.29 is 54.7 Å². The van der Waals surface area contributed by atoms with Crippen molar-refractivity contribution in [3.8, 4) is 0 Å². The van der Waals surface area contributed by atoms with E-state index in [4.69, 9.17) is 41.9 Å². The lowest BCUT2D eigenvalue weighted by Gasteiger charge is -2.48. The van der Waals surface area contributed by atoms with Gasteiger partial charge in [0.15, 0.2) is 12.6 Å². The highest BCUT2D eigenvalue weighted by molar-refractivity contribution is 5.01. The molecule has 3 rings (SSSR count). The molecule has 2 aliphatic heterocycles. The molecule has 0 aromatic rings. The van der Waals surface area contributed by atoms with Crippen LogP contribution in [0.15, 0.2) is 0 Å². The van der Waals surface area contributed by atoms with Gasteiger partial charge in [0.2, 0.25) is 0 Å². The van der Waals surface area contributed by atoms with E-state index in [1.807, 2.05) is 0 Å². The molecule has 194 valence electrons. The Kier molecular flexibility index (Phi) is 8.99. The largest absolute Gasteiger partial charge is 0.394 e. The van der Waals surface area contributed by atoms with Crippen LogP contribution in [0.4, 0.5) is 0 Å². The molecular weight excluding hydrogens is 448 g/mol. The molecule has 1 aliphatic carbocycles. The molecule has 1 saturated carbocycles. The van der Waals surface area contributed by atoms with Crippen LogP contribution in [0.2, 0.25) is 0 Å². The standard InChI is InChI=1S/C18H36N4O11/c19-2-6-10(25)12(27)8(22)17(30-6)32-15-5(21)1-4(20)9(24)16(15)33-18-14(29)13(28)11(26)7(3-23)31-18/h4-18,23-29H,1-3,19-22H2/t4-,5+,6-,7-,8-,9+,10-,11-,12-,13+,14-,15-,16-,17-,18+/m1/s1. The van der Waals surface area contributed by atoms with E-state index in [1.54, 1.807) is 0 Å². The Bertz CT molecular complexity index is 634. The molecular formula is C18H36N4O11. The van der Waals surface area contributed by atoms with Crippen LogP contribution in [-0.4, -0.2) is 141 Å². The molecule has 0 radical (unpaired) electrons. The van der Waals surface area contributed by atoms with Gasteiger partial charge in [-0.25, -0.2) is 0 Å². The zero-order valence-electron chi connectivity index (χ0n) is 17.9. The number of rotatable bonds is 6. The monoisotopic (exact) mass is 484 g/mol. The minimum Gasteiger partial charge on any atom is -0.394 e. The van der Waals surface area contributed by atoms with Gasteiger partial charge in [0, 0.05) is 18.6 Å². The molecule has 0 unspecified atom stereocenters. The first kappa shape index (κ1) is 27.0. The smallest absolute Gasteiger partial charge is 0.187 e. The second-order valence-corrected chi connectivity index (χ2v) is 8.79. The number of hydrogen-bond donors (Lipinski definition) is 11. The van der Waals surface area contributed by atoms with Crippen LogP contribution in [0.1, 0.15) is 6.42 Å². The summed E-state index contributed by atoms with van der Waals surface area (Å²) in [6.07, 6.45) is -16.7. The van der Waals surface area contributed by atoms with Gasteiger partial charge in [-0.3, -0.25) is 0 Å². The summed E-state index contributed by atoms with van der Waals surface area (Å²) >= 11 is 0. The Morgan fingerprint density at radius 2 is 1.24 bits per heavy atom. The summed E-state index contributed by atoms with van der Waals surface area (Å²) in [5, 5.41) is 70.7. The molecule has 2 saturated heterocycles. The number of aliphatic hydroxyl groups is 7. The van der Waals surface area contributed by atoms with E-state index >= 15 is 0 Å². The molecule has 3 fully saturated rings. The van der Waals surface area contributed by atoms with Gasteiger partial charge in [0.05, 0.1) is 18.8 Å². The van der Waals surface area contributed by atoms with Crippen molar-refractivity contribution in [1.29, 1.82) is 0 Å². The van der Waals surface area contributed by atoms with Crippen LogP contribution < -0.4 is 22.9 Å². The fourth-order valence-corrected chi connectivity index (χ4v) is 4.37. The van der Waals surface area contributed by atoms with E-state index in [2.05, 4.69) is 0 Å². The van der Waals surface area contributed by atoms with E-state index in [9.17, 15) is 35.7 Å². The summed E-state index contributed by atoms with van der Waals surface area (Å²) in [4.78, 5) is 0. The molecule has 3 aliphatic rings. The van der Waals surface area contributed by atoms with E-state index in [-0.39, 0.29) is 13.0 Å². The van der Waals surface area contributed by atoms with Crippen molar-refractivity contribution in [3.05, 3.63) is 0 Å². The Labute approximate surface area is 189 Å². The van der Waals surface area contributed by atoms with Crippen LogP contribution in [0.25, 0.3) is 0 Å². The lowest BCUT2D eigenvalue weighted by atomic mass is 9.84. The molecule has 15 heteroatoms. The fraction of sp³-hybridized carbons (Fsp3) is 1.00. The predicted molar refractivity (Wildman–Crippen MR) is 108 cm³/mol. The summed E-state index contributed by atoms with van der Waals surface area (Å²) in [5.74, 6) is 0. The van der Waals surface area contributed by atoms with Gasteiger partial charge in [-0.15, -0.1) is 0 Å². The van der Waals surface area contributed by atoms with Crippen molar-refractivity contribution in [2.45, 2.75) is 98.2 Å². The molecule has 15 atom stereocenters. The van der Waals surface area contributed by atoms with Crippen molar-refractivity contribution >= 4 is 0 Å². The highest BCUT2D eigenvalue weighted by Crippen LogP contribution is 2.31. The highest BCUT2D eigenvalue weighted by atomic mass is 16.7. The number of nitrogens with two attached hydrogens (primary N) is 4. The van der Waals surface area contributed by atoms with Crippen molar-refractivity contribution in [1.82, 2.24) is 0 Å². The van der Waals surface area contributed by atoms with Crippen LogP contribution in [0, 0.1) is 0 Å². The highest BCUT2D eigenvalue weighted by Gasteiger charge is 2.52. The predicted octanol–water partition coefficient (Wildman–Crippen LogP) is -7.29. The lowest BCUT2D eigenvalue weighted by molar-refractivity contribution is -0.342. The van der Waals surface area contributed by atoms with E-state index in [0.29, 0.717) is 0 Å². The van der Waals surface area contributed by atoms with Gasteiger partial charge >= 0.3 is 0 Å². The minimum absolute atomic E-state index is 0.105. The second kappa shape index (κ2) is 11.0. The molecule has 0 aromatic heterocycles. The summed E-state index contributed by atoms with van der Waals surface area (Å²) in [6.45, 7) is -0.817. The quantitative estimate of drug-likeness (QED) is 0.167. The number of hydrogen-bond acceptors (Lipinski definition) is 15. The molecule has 0 amide bonds. The number of ether oxygens (including phenoxy) is 4.